The second-order valence-electron chi connectivity index (χ2n) is 5.54. The maximum absolute atomic E-state index is 12.8. The zero-order valence-electron chi connectivity index (χ0n) is 12.9. The Hall–Kier alpha value is -2.76. The van der Waals surface area contributed by atoms with E-state index < -0.39 is 0 Å². The highest BCUT2D eigenvalue weighted by Crippen LogP contribution is 2.28. The Labute approximate surface area is 133 Å². The van der Waals surface area contributed by atoms with Crippen LogP contribution in [-0.2, 0) is 19.4 Å². The Balaban J connectivity index is 1.89. The molecule has 0 unspecified atom stereocenters. The first-order valence-corrected chi connectivity index (χ1v) is 7.59. The van der Waals surface area contributed by atoms with Gasteiger partial charge in [-0.1, -0.05) is 19.1 Å². The number of hydrogen-bond acceptors (Lipinski definition) is 4. The molecule has 23 heavy (non-hydrogen) atoms. The van der Waals surface area contributed by atoms with Crippen LogP contribution in [0.15, 0.2) is 36.7 Å². The van der Waals surface area contributed by atoms with Crippen LogP contribution < -0.4 is 0 Å². The SMILES string of the molecule is CCc1cnccc1C(=O)N1CCc2c(cccc2[N+](=O)[O-])C1. The van der Waals surface area contributed by atoms with E-state index in [1.807, 2.05) is 13.0 Å². The van der Waals surface area contributed by atoms with E-state index in [1.165, 1.54) is 6.07 Å². The van der Waals surface area contributed by atoms with Crippen LogP contribution in [0.5, 0.6) is 0 Å². The third-order valence-electron chi connectivity index (χ3n) is 4.24. The summed E-state index contributed by atoms with van der Waals surface area (Å²) >= 11 is 0. The van der Waals surface area contributed by atoms with Gasteiger partial charge in [0.15, 0.2) is 0 Å². The number of rotatable bonds is 3. The van der Waals surface area contributed by atoms with Gasteiger partial charge in [-0.3, -0.25) is 19.9 Å². The molecule has 0 saturated heterocycles. The summed E-state index contributed by atoms with van der Waals surface area (Å²) in [5.74, 6) is -0.0404. The first-order chi connectivity index (χ1) is 11.1. The van der Waals surface area contributed by atoms with Gasteiger partial charge >= 0.3 is 0 Å². The van der Waals surface area contributed by atoms with Gasteiger partial charge in [0, 0.05) is 42.7 Å². The minimum absolute atomic E-state index is 0.0404. The Morgan fingerprint density at radius 1 is 1.39 bits per heavy atom. The molecule has 0 bridgehead atoms. The minimum Gasteiger partial charge on any atom is -0.334 e. The van der Waals surface area contributed by atoms with Crippen molar-refractivity contribution in [1.82, 2.24) is 9.88 Å². The molecule has 3 rings (SSSR count). The van der Waals surface area contributed by atoms with E-state index in [0.29, 0.717) is 25.1 Å². The fraction of sp³-hybridized carbons (Fsp3) is 0.294. The zero-order valence-corrected chi connectivity index (χ0v) is 12.9. The fourth-order valence-corrected chi connectivity index (χ4v) is 3.02. The predicted octanol–water partition coefficient (Wildman–Crippen LogP) is 2.75. The molecule has 118 valence electrons. The summed E-state index contributed by atoms with van der Waals surface area (Å²) in [5, 5.41) is 11.1. The van der Waals surface area contributed by atoms with Crippen LogP contribution in [0.25, 0.3) is 0 Å². The first-order valence-electron chi connectivity index (χ1n) is 7.59. The predicted molar refractivity (Wildman–Crippen MR) is 85.2 cm³/mol. The molecular formula is C17H17N3O3. The monoisotopic (exact) mass is 311 g/mol. The number of nitro groups is 1. The average molecular weight is 311 g/mol. The molecule has 1 aliphatic rings. The Morgan fingerprint density at radius 3 is 2.96 bits per heavy atom. The molecule has 0 aliphatic carbocycles. The van der Waals surface area contributed by atoms with Crippen molar-refractivity contribution in [3.05, 3.63) is 69.0 Å². The summed E-state index contributed by atoms with van der Waals surface area (Å²) in [6.45, 7) is 2.88. The number of carbonyl (C=O) groups excluding carboxylic acids is 1. The molecule has 2 heterocycles. The van der Waals surface area contributed by atoms with Gasteiger partial charge in [0.1, 0.15) is 0 Å². The van der Waals surface area contributed by atoms with Gasteiger partial charge in [-0.25, -0.2) is 0 Å². The lowest BCUT2D eigenvalue weighted by molar-refractivity contribution is -0.385. The van der Waals surface area contributed by atoms with Crippen molar-refractivity contribution in [2.24, 2.45) is 0 Å². The quantitative estimate of drug-likeness (QED) is 0.645. The molecule has 1 aromatic heterocycles. The van der Waals surface area contributed by atoms with E-state index in [9.17, 15) is 14.9 Å². The third kappa shape index (κ3) is 2.79. The van der Waals surface area contributed by atoms with E-state index in [2.05, 4.69) is 4.98 Å². The van der Waals surface area contributed by atoms with Gasteiger partial charge in [0.2, 0.25) is 0 Å². The van der Waals surface area contributed by atoms with Crippen LogP contribution in [0.4, 0.5) is 5.69 Å². The van der Waals surface area contributed by atoms with E-state index in [4.69, 9.17) is 0 Å². The normalized spacial score (nSPS) is 13.5. The summed E-state index contributed by atoms with van der Waals surface area (Å²) in [5.41, 5.74) is 3.32. The van der Waals surface area contributed by atoms with Crippen molar-refractivity contribution in [3.63, 3.8) is 0 Å². The van der Waals surface area contributed by atoms with Gasteiger partial charge in [0.05, 0.1) is 4.92 Å². The molecule has 6 heteroatoms. The minimum atomic E-state index is -0.353. The lowest BCUT2D eigenvalue weighted by Crippen LogP contribution is -2.36. The number of fused-ring (bicyclic) bond motifs is 1. The number of nitrogens with zero attached hydrogens (tertiary/aromatic N) is 3. The van der Waals surface area contributed by atoms with Crippen LogP contribution in [0.2, 0.25) is 0 Å². The molecule has 1 amide bonds. The molecule has 6 nitrogen and oxygen atoms in total. The molecule has 0 N–H and O–H groups in total. The van der Waals surface area contributed by atoms with Crippen molar-refractivity contribution < 1.29 is 9.72 Å². The maximum atomic E-state index is 12.8. The topological polar surface area (TPSA) is 76.3 Å². The molecule has 0 fully saturated rings. The van der Waals surface area contributed by atoms with Gasteiger partial charge in [-0.15, -0.1) is 0 Å². The zero-order chi connectivity index (χ0) is 16.4. The second kappa shape index (κ2) is 6.16. The number of aromatic nitrogens is 1. The van der Waals surface area contributed by atoms with Crippen LogP contribution >= 0.6 is 0 Å². The molecular weight excluding hydrogens is 294 g/mol. The van der Waals surface area contributed by atoms with Gasteiger partial charge in [-0.2, -0.15) is 0 Å². The highest BCUT2D eigenvalue weighted by Gasteiger charge is 2.27. The summed E-state index contributed by atoms with van der Waals surface area (Å²) < 4.78 is 0. The highest BCUT2D eigenvalue weighted by atomic mass is 16.6. The van der Waals surface area contributed by atoms with E-state index in [0.717, 1.165) is 23.1 Å². The second-order valence-corrected chi connectivity index (χ2v) is 5.54. The van der Waals surface area contributed by atoms with Crippen molar-refractivity contribution in [1.29, 1.82) is 0 Å². The average Bonchev–Trinajstić information content (AvgIpc) is 2.59. The van der Waals surface area contributed by atoms with Gasteiger partial charge < -0.3 is 4.90 Å². The van der Waals surface area contributed by atoms with Crippen molar-refractivity contribution >= 4 is 11.6 Å². The number of carbonyl (C=O) groups is 1. The van der Waals surface area contributed by atoms with Crippen molar-refractivity contribution in [2.75, 3.05) is 6.54 Å². The summed E-state index contributed by atoms with van der Waals surface area (Å²) in [4.78, 5) is 29.3. The maximum Gasteiger partial charge on any atom is 0.272 e. The first kappa shape index (κ1) is 15.1. The molecule has 0 atom stereocenters. The number of hydrogen-bond donors (Lipinski definition) is 0. The number of amides is 1. The van der Waals surface area contributed by atoms with Crippen molar-refractivity contribution in [2.45, 2.75) is 26.3 Å². The summed E-state index contributed by atoms with van der Waals surface area (Å²) in [6, 6.07) is 6.79. The smallest absolute Gasteiger partial charge is 0.272 e. The van der Waals surface area contributed by atoms with Gasteiger partial charge in [0.25, 0.3) is 11.6 Å². The lowest BCUT2D eigenvalue weighted by Gasteiger charge is -2.29. The molecule has 2 aromatic rings. The standard InChI is InChI=1S/C17H17N3O3/c1-2-12-10-18-8-6-15(12)17(21)19-9-7-14-13(11-19)4-3-5-16(14)20(22)23/h3-6,8,10H,2,7,9,11H2,1H3. The Kier molecular flexibility index (Phi) is 4.06. The molecule has 0 radical (unpaired) electrons. The van der Waals surface area contributed by atoms with Crippen LogP contribution in [0.1, 0.15) is 34.0 Å². The number of nitro benzene ring substituents is 1. The Bertz CT molecular complexity index is 773. The van der Waals surface area contributed by atoms with Crippen LogP contribution in [0.3, 0.4) is 0 Å². The van der Waals surface area contributed by atoms with Crippen LogP contribution in [-0.4, -0.2) is 27.3 Å². The number of pyridine rings is 1. The molecule has 0 saturated carbocycles. The summed E-state index contributed by atoms with van der Waals surface area (Å²) in [7, 11) is 0. The fourth-order valence-electron chi connectivity index (χ4n) is 3.02. The van der Waals surface area contributed by atoms with Crippen LogP contribution in [0, 0.1) is 10.1 Å². The summed E-state index contributed by atoms with van der Waals surface area (Å²) in [6.07, 6.45) is 4.58. The lowest BCUT2D eigenvalue weighted by atomic mass is 9.97. The molecule has 0 spiro atoms. The van der Waals surface area contributed by atoms with Gasteiger partial charge in [-0.05, 0) is 30.0 Å². The number of aryl methyl sites for hydroxylation is 1. The Morgan fingerprint density at radius 2 is 2.22 bits per heavy atom. The van der Waals surface area contributed by atoms with E-state index in [-0.39, 0.29) is 16.5 Å². The largest absolute Gasteiger partial charge is 0.334 e. The number of benzene rings is 1. The molecule has 1 aliphatic heterocycles. The highest BCUT2D eigenvalue weighted by molar-refractivity contribution is 5.95. The third-order valence-corrected chi connectivity index (χ3v) is 4.24. The molecule has 1 aromatic carbocycles. The van der Waals surface area contributed by atoms with Crippen molar-refractivity contribution in [3.8, 4) is 0 Å². The van der Waals surface area contributed by atoms with E-state index >= 15 is 0 Å². The van der Waals surface area contributed by atoms with E-state index in [1.54, 1.807) is 29.4 Å².